The molecule has 0 saturated carbocycles. The molecule has 2 nitrogen and oxygen atoms in total. The first kappa shape index (κ1) is 11.6. The van der Waals surface area contributed by atoms with E-state index in [-0.39, 0.29) is 11.6 Å². The molecule has 0 aromatic carbocycles. The minimum absolute atomic E-state index is 0.104. The molecule has 2 N–H and O–H groups in total. The molecule has 1 aliphatic heterocycles. The molecule has 0 radical (unpaired) electrons. The molecule has 2 heteroatoms. The Morgan fingerprint density at radius 1 is 1.50 bits per heavy atom. The van der Waals surface area contributed by atoms with Crippen molar-refractivity contribution >= 4 is 0 Å². The zero-order valence-electron chi connectivity index (χ0n) is 9.31. The number of hydrogen-bond donors (Lipinski definition) is 1. The zero-order chi connectivity index (χ0) is 10.4. The molecule has 1 aliphatic rings. The first-order valence-corrected chi connectivity index (χ1v) is 5.48. The summed E-state index contributed by atoms with van der Waals surface area (Å²) in [5, 5.41) is 0. The van der Waals surface area contributed by atoms with Crippen LogP contribution in [0.1, 0.15) is 46.0 Å². The molecule has 1 fully saturated rings. The molecule has 14 heavy (non-hydrogen) atoms. The van der Waals surface area contributed by atoms with Crippen molar-refractivity contribution in [2.75, 3.05) is 6.61 Å². The van der Waals surface area contributed by atoms with Crippen LogP contribution in [0.2, 0.25) is 0 Å². The van der Waals surface area contributed by atoms with E-state index in [0.29, 0.717) is 0 Å². The van der Waals surface area contributed by atoms with Crippen molar-refractivity contribution in [3.63, 3.8) is 0 Å². The largest absolute Gasteiger partial charge is 0.374 e. The molecule has 0 aliphatic carbocycles. The third-order valence-electron chi connectivity index (χ3n) is 3.04. The van der Waals surface area contributed by atoms with Gasteiger partial charge in [0.25, 0.3) is 0 Å². The van der Waals surface area contributed by atoms with Gasteiger partial charge in [-0.2, -0.15) is 0 Å². The summed E-state index contributed by atoms with van der Waals surface area (Å²) < 4.78 is 5.78. The Morgan fingerprint density at radius 2 is 2.29 bits per heavy atom. The van der Waals surface area contributed by atoms with Crippen LogP contribution in [0.25, 0.3) is 0 Å². The lowest BCUT2D eigenvalue weighted by molar-refractivity contribution is -0.0820. The first-order chi connectivity index (χ1) is 6.69. The van der Waals surface area contributed by atoms with Crippen molar-refractivity contribution in [3.05, 3.63) is 0 Å². The number of rotatable bonds is 3. The van der Waals surface area contributed by atoms with Crippen molar-refractivity contribution in [1.82, 2.24) is 0 Å². The van der Waals surface area contributed by atoms with E-state index >= 15 is 0 Å². The van der Waals surface area contributed by atoms with Gasteiger partial charge in [-0.15, -0.1) is 11.8 Å². The maximum Gasteiger partial charge on any atom is 0.0805 e. The second-order valence-corrected chi connectivity index (χ2v) is 4.19. The molecule has 80 valence electrons. The van der Waals surface area contributed by atoms with Gasteiger partial charge in [-0.05, 0) is 39.5 Å². The van der Waals surface area contributed by atoms with E-state index in [9.17, 15) is 0 Å². The lowest BCUT2D eigenvalue weighted by atomic mass is 9.86. The summed E-state index contributed by atoms with van der Waals surface area (Å²) in [7, 11) is 0. The highest BCUT2D eigenvalue weighted by molar-refractivity contribution is 4.98. The quantitative estimate of drug-likeness (QED) is 0.700. The fraction of sp³-hybridized carbons (Fsp3) is 0.833. The minimum atomic E-state index is -0.104. The molecular formula is C12H21NO. The van der Waals surface area contributed by atoms with E-state index in [1.807, 2.05) is 6.92 Å². The van der Waals surface area contributed by atoms with E-state index in [1.54, 1.807) is 0 Å². The number of nitrogens with two attached hydrogens (primary N) is 1. The predicted octanol–water partition coefficient (Wildman–Crippen LogP) is 2.08. The van der Waals surface area contributed by atoms with Gasteiger partial charge in [0, 0.05) is 19.1 Å². The highest BCUT2D eigenvalue weighted by atomic mass is 16.5. The van der Waals surface area contributed by atoms with Crippen LogP contribution in [0.5, 0.6) is 0 Å². The Kier molecular flexibility index (Phi) is 4.44. The molecule has 0 bridgehead atoms. The van der Waals surface area contributed by atoms with Crippen LogP contribution in [-0.2, 0) is 4.74 Å². The van der Waals surface area contributed by atoms with Crippen LogP contribution in [0.15, 0.2) is 0 Å². The topological polar surface area (TPSA) is 35.2 Å². The van der Waals surface area contributed by atoms with Crippen LogP contribution in [0.4, 0.5) is 0 Å². The smallest absolute Gasteiger partial charge is 0.0805 e. The average molecular weight is 195 g/mol. The van der Waals surface area contributed by atoms with Crippen LogP contribution in [0, 0.1) is 11.8 Å². The van der Waals surface area contributed by atoms with E-state index in [1.165, 1.54) is 12.8 Å². The normalized spacial score (nSPS) is 29.1. The van der Waals surface area contributed by atoms with Crippen molar-refractivity contribution in [1.29, 1.82) is 0 Å². The Morgan fingerprint density at radius 3 is 2.86 bits per heavy atom. The zero-order valence-corrected chi connectivity index (χ0v) is 9.31. The van der Waals surface area contributed by atoms with Gasteiger partial charge in [0.15, 0.2) is 0 Å². The molecule has 1 heterocycles. The third kappa shape index (κ3) is 3.01. The highest BCUT2D eigenvalue weighted by Crippen LogP contribution is 2.28. The molecular weight excluding hydrogens is 174 g/mol. The van der Waals surface area contributed by atoms with Gasteiger partial charge in [-0.25, -0.2) is 0 Å². The average Bonchev–Trinajstić information content (AvgIpc) is 2.19. The third-order valence-corrected chi connectivity index (χ3v) is 3.04. The van der Waals surface area contributed by atoms with E-state index in [0.717, 1.165) is 25.9 Å². The van der Waals surface area contributed by atoms with Gasteiger partial charge in [-0.3, -0.25) is 0 Å². The molecule has 0 spiro atoms. The molecule has 0 amide bonds. The van der Waals surface area contributed by atoms with Gasteiger partial charge >= 0.3 is 0 Å². The van der Waals surface area contributed by atoms with Crippen LogP contribution in [-0.4, -0.2) is 18.2 Å². The molecule has 0 aromatic heterocycles. The standard InChI is InChI=1S/C12H21NO/c1-3-4-5-8-11(13)12(2)9-6-7-10-14-12/h11H,5-10,13H2,1-2H3. The maximum atomic E-state index is 6.13. The molecule has 2 unspecified atom stereocenters. The fourth-order valence-electron chi connectivity index (χ4n) is 1.91. The highest BCUT2D eigenvalue weighted by Gasteiger charge is 2.33. The lowest BCUT2D eigenvalue weighted by Crippen LogP contribution is -2.49. The summed E-state index contributed by atoms with van der Waals surface area (Å²) in [4.78, 5) is 0. The molecule has 0 aromatic rings. The van der Waals surface area contributed by atoms with Crippen LogP contribution >= 0.6 is 0 Å². The summed E-state index contributed by atoms with van der Waals surface area (Å²) in [6.45, 7) is 4.87. The summed E-state index contributed by atoms with van der Waals surface area (Å²) in [6, 6.07) is 0.128. The van der Waals surface area contributed by atoms with Gasteiger partial charge < -0.3 is 10.5 Å². The van der Waals surface area contributed by atoms with Crippen molar-refractivity contribution < 1.29 is 4.74 Å². The Labute approximate surface area is 87.2 Å². The summed E-state index contributed by atoms with van der Waals surface area (Å²) >= 11 is 0. The molecule has 2 atom stereocenters. The number of ether oxygens (including phenoxy) is 1. The van der Waals surface area contributed by atoms with E-state index in [4.69, 9.17) is 10.5 Å². The van der Waals surface area contributed by atoms with Gasteiger partial charge in [0.2, 0.25) is 0 Å². The van der Waals surface area contributed by atoms with Gasteiger partial charge in [-0.1, -0.05) is 0 Å². The summed E-state index contributed by atoms with van der Waals surface area (Å²) in [5.41, 5.74) is 6.03. The minimum Gasteiger partial charge on any atom is -0.374 e. The summed E-state index contributed by atoms with van der Waals surface area (Å²) in [5.74, 6) is 5.94. The van der Waals surface area contributed by atoms with Gasteiger partial charge in [0.1, 0.15) is 0 Å². The molecule has 1 rings (SSSR count). The van der Waals surface area contributed by atoms with Crippen molar-refractivity contribution in [3.8, 4) is 11.8 Å². The van der Waals surface area contributed by atoms with Crippen LogP contribution in [0.3, 0.4) is 0 Å². The Bertz CT molecular complexity index is 220. The first-order valence-electron chi connectivity index (χ1n) is 5.48. The van der Waals surface area contributed by atoms with Crippen molar-refractivity contribution in [2.45, 2.75) is 57.6 Å². The maximum absolute atomic E-state index is 6.13. The molecule has 1 saturated heterocycles. The Balaban J connectivity index is 2.39. The van der Waals surface area contributed by atoms with E-state index < -0.39 is 0 Å². The second kappa shape index (κ2) is 5.38. The number of hydrogen-bond acceptors (Lipinski definition) is 2. The SMILES string of the molecule is CC#CCCC(N)C1(C)CCCCO1. The Hall–Kier alpha value is -0.520. The second-order valence-electron chi connectivity index (χ2n) is 4.19. The van der Waals surface area contributed by atoms with E-state index in [2.05, 4.69) is 18.8 Å². The predicted molar refractivity (Wildman–Crippen MR) is 58.9 cm³/mol. The summed E-state index contributed by atoms with van der Waals surface area (Å²) in [6.07, 6.45) is 5.34. The lowest BCUT2D eigenvalue weighted by Gasteiger charge is -2.38. The van der Waals surface area contributed by atoms with Crippen molar-refractivity contribution in [2.24, 2.45) is 5.73 Å². The monoisotopic (exact) mass is 195 g/mol. The van der Waals surface area contributed by atoms with Gasteiger partial charge in [0.05, 0.1) is 5.60 Å². The van der Waals surface area contributed by atoms with Crippen LogP contribution < -0.4 is 5.73 Å². The fourth-order valence-corrected chi connectivity index (χ4v) is 1.91.